The zero-order valence-electron chi connectivity index (χ0n) is 13.3. The Labute approximate surface area is 147 Å². The molecule has 1 atom stereocenters. The van der Waals surface area contributed by atoms with Crippen molar-refractivity contribution in [1.82, 2.24) is 10.6 Å². The van der Waals surface area contributed by atoms with E-state index < -0.39 is 11.8 Å². The van der Waals surface area contributed by atoms with Crippen molar-refractivity contribution in [3.63, 3.8) is 0 Å². The van der Waals surface area contributed by atoms with Gasteiger partial charge in [-0.25, -0.2) is 0 Å². The van der Waals surface area contributed by atoms with Crippen LogP contribution in [0, 0.1) is 5.92 Å². The highest BCUT2D eigenvalue weighted by atomic mass is 35.5. The number of nitrogens with two attached hydrogens (primary N) is 1. The van der Waals surface area contributed by atoms with Crippen LogP contribution in [-0.2, 0) is 9.59 Å². The van der Waals surface area contributed by atoms with Gasteiger partial charge in [0.1, 0.15) is 0 Å². The molecule has 1 aromatic rings. The van der Waals surface area contributed by atoms with Gasteiger partial charge in [-0.3, -0.25) is 14.4 Å². The Balaban J connectivity index is 0.00000288. The molecule has 1 fully saturated rings. The number of carbonyl (C=O) groups is 3. The van der Waals surface area contributed by atoms with Gasteiger partial charge in [0, 0.05) is 17.7 Å². The summed E-state index contributed by atoms with van der Waals surface area (Å²) in [6.45, 7) is 1.78. The lowest BCUT2D eigenvalue weighted by atomic mass is 10.0. The minimum atomic E-state index is -0.607. The normalized spacial score (nSPS) is 16.1. The predicted molar refractivity (Wildman–Crippen MR) is 94.1 cm³/mol. The molecule has 1 saturated heterocycles. The number of hydrogen-bond acceptors (Lipinski definition) is 4. The molecule has 3 amide bonds. The first-order valence-electron chi connectivity index (χ1n) is 7.71. The third-order valence-corrected chi connectivity index (χ3v) is 3.77. The van der Waals surface area contributed by atoms with Crippen LogP contribution in [-0.4, -0.2) is 37.4 Å². The van der Waals surface area contributed by atoms with Gasteiger partial charge >= 0.3 is 0 Å². The van der Waals surface area contributed by atoms with E-state index in [1.54, 1.807) is 24.3 Å². The van der Waals surface area contributed by atoms with Gasteiger partial charge in [0.05, 0.1) is 6.54 Å². The Morgan fingerprint density at radius 2 is 2.08 bits per heavy atom. The summed E-state index contributed by atoms with van der Waals surface area (Å²) in [5.41, 5.74) is 5.91. The predicted octanol–water partition coefficient (Wildman–Crippen LogP) is 0.652. The maximum Gasteiger partial charge on any atom is 0.251 e. The van der Waals surface area contributed by atoms with Crippen LogP contribution in [0.25, 0.3) is 0 Å². The first-order chi connectivity index (χ1) is 11.0. The van der Waals surface area contributed by atoms with Crippen LogP contribution in [0.3, 0.4) is 0 Å². The SMILES string of the molecule is Cl.NC(=O)CNC(=O)c1cccc(NC(=O)CCC2CCNC2)c1. The number of rotatable bonds is 7. The topological polar surface area (TPSA) is 113 Å². The van der Waals surface area contributed by atoms with Crippen molar-refractivity contribution in [1.29, 1.82) is 0 Å². The molecule has 1 aliphatic rings. The Bertz CT molecular complexity index is 588. The minimum Gasteiger partial charge on any atom is -0.368 e. The van der Waals surface area contributed by atoms with Crippen LogP contribution in [0.4, 0.5) is 5.69 Å². The summed E-state index contributed by atoms with van der Waals surface area (Å²) in [7, 11) is 0. The molecule has 1 aliphatic heterocycles. The second-order valence-corrected chi connectivity index (χ2v) is 5.68. The molecule has 0 saturated carbocycles. The lowest BCUT2D eigenvalue weighted by Gasteiger charge is -2.10. The van der Waals surface area contributed by atoms with Crippen LogP contribution in [0.15, 0.2) is 24.3 Å². The molecule has 24 heavy (non-hydrogen) atoms. The second-order valence-electron chi connectivity index (χ2n) is 5.68. The zero-order chi connectivity index (χ0) is 16.7. The second kappa shape index (κ2) is 9.89. The largest absolute Gasteiger partial charge is 0.368 e. The van der Waals surface area contributed by atoms with Gasteiger partial charge in [-0.1, -0.05) is 6.07 Å². The highest BCUT2D eigenvalue weighted by Crippen LogP contribution is 2.16. The van der Waals surface area contributed by atoms with Gasteiger partial charge in [0.25, 0.3) is 5.91 Å². The Kier molecular flexibility index (Phi) is 8.21. The summed E-state index contributed by atoms with van der Waals surface area (Å²) in [6, 6.07) is 6.58. The number of carbonyl (C=O) groups excluding carboxylic acids is 3. The van der Waals surface area contributed by atoms with Crippen LogP contribution in [0.1, 0.15) is 29.6 Å². The van der Waals surface area contributed by atoms with Crippen molar-refractivity contribution >= 4 is 35.8 Å². The zero-order valence-corrected chi connectivity index (χ0v) is 14.2. The molecule has 8 heteroatoms. The number of anilines is 1. The van der Waals surface area contributed by atoms with Crippen LogP contribution < -0.4 is 21.7 Å². The fraction of sp³-hybridized carbons (Fsp3) is 0.438. The molecule has 2 rings (SSSR count). The third kappa shape index (κ3) is 6.55. The molecule has 132 valence electrons. The van der Waals surface area contributed by atoms with Crippen molar-refractivity contribution in [3.8, 4) is 0 Å². The number of benzene rings is 1. The van der Waals surface area contributed by atoms with E-state index in [0.29, 0.717) is 23.6 Å². The van der Waals surface area contributed by atoms with E-state index in [1.165, 1.54) is 0 Å². The van der Waals surface area contributed by atoms with Crippen LogP contribution in [0.2, 0.25) is 0 Å². The van der Waals surface area contributed by atoms with E-state index in [2.05, 4.69) is 16.0 Å². The molecule has 1 unspecified atom stereocenters. The van der Waals surface area contributed by atoms with Gasteiger partial charge in [-0.2, -0.15) is 0 Å². The van der Waals surface area contributed by atoms with Crippen LogP contribution in [0.5, 0.6) is 0 Å². The quantitative estimate of drug-likeness (QED) is 0.575. The summed E-state index contributed by atoms with van der Waals surface area (Å²) in [4.78, 5) is 34.5. The smallest absolute Gasteiger partial charge is 0.251 e. The first-order valence-corrected chi connectivity index (χ1v) is 7.71. The molecule has 0 bridgehead atoms. The van der Waals surface area contributed by atoms with Gasteiger partial charge in [-0.05, 0) is 50.0 Å². The van der Waals surface area contributed by atoms with Gasteiger partial charge in [0.15, 0.2) is 0 Å². The van der Waals surface area contributed by atoms with E-state index >= 15 is 0 Å². The average molecular weight is 355 g/mol. The summed E-state index contributed by atoms with van der Waals surface area (Å²) in [6.07, 6.45) is 2.44. The number of primary amides is 1. The highest BCUT2D eigenvalue weighted by molar-refractivity contribution is 5.98. The van der Waals surface area contributed by atoms with E-state index in [1.807, 2.05) is 0 Å². The van der Waals surface area contributed by atoms with Gasteiger partial charge in [0.2, 0.25) is 11.8 Å². The van der Waals surface area contributed by atoms with E-state index in [4.69, 9.17) is 5.73 Å². The van der Waals surface area contributed by atoms with Crippen molar-refractivity contribution in [2.75, 3.05) is 25.0 Å². The molecule has 0 aromatic heterocycles. The van der Waals surface area contributed by atoms with Crippen molar-refractivity contribution < 1.29 is 14.4 Å². The summed E-state index contributed by atoms with van der Waals surface area (Å²) in [5.74, 6) is -0.514. The Morgan fingerprint density at radius 3 is 2.75 bits per heavy atom. The molecule has 0 aliphatic carbocycles. The van der Waals surface area contributed by atoms with Crippen molar-refractivity contribution in [3.05, 3.63) is 29.8 Å². The molecular formula is C16H23ClN4O3. The average Bonchev–Trinajstić information content (AvgIpc) is 3.04. The number of halogens is 1. The standard InChI is InChI=1S/C16H22N4O3.ClH/c17-14(21)10-19-16(23)12-2-1-3-13(8-12)20-15(22)5-4-11-6-7-18-9-11;/h1-3,8,11,18H,4-7,9-10H2,(H2,17,21)(H,19,23)(H,20,22);1H. The molecule has 7 nitrogen and oxygen atoms in total. The lowest BCUT2D eigenvalue weighted by molar-refractivity contribution is -0.117. The maximum absolute atomic E-state index is 12.0. The number of hydrogen-bond donors (Lipinski definition) is 4. The molecule has 1 aromatic carbocycles. The van der Waals surface area contributed by atoms with E-state index in [0.717, 1.165) is 25.9 Å². The Hall–Kier alpha value is -2.12. The third-order valence-electron chi connectivity index (χ3n) is 3.77. The lowest BCUT2D eigenvalue weighted by Crippen LogP contribution is -2.33. The monoisotopic (exact) mass is 354 g/mol. The first kappa shape index (κ1) is 19.9. The summed E-state index contributed by atoms with van der Waals surface area (Å²) in [5, 5.41) is 8.48. The van der Waals surface area contributed by atoms with Gasteiger partial charge < -0.3 is 21.7 Å². The summed E-state index contributed by atoms with van der Waals surface area (Å²) < 4.78 is 0. The molecule has 0 spiro atoms. The molecule has 1 heterocycles. The summed E-state index contributed by atoms with van der Waals surface area (Å²) >= 11 is 0. The fourth-order valence-electron chi connectivity index (χ4n) is 2.53. The maximum atomic E-state index is 12.0. The van der Waals surface area contributed by atoms with E-state index in [9.17, 15) is 14.4 Å². The highest BCUT2D eigenvalue weighted by Gasteiger charge is 2.16. The molecule has 0 radical (unpaired) electrons. The molecule has 5 N–H and O–H groups in total. The Morgan fingerprint density at radius 1 is 1.29 bits per heavy atom. The van der Waals surface area contributed by atoms with Crippen molar-refractivity contribution in [2.45, 2.75) is 19.3 Å². The molecular weight excluding hydrogens is 332 g/mol. The van der Waals surface area contributed by atoms with Gasteiger partial charge in [-0.15, -0.1) is 12.4 Å². The number of amides is 3. The van der Waals surface area contributed by atoms with Crippen LogP contribution >= 0.6 is 12.4 Å². The fourth-order valence-corrected chi connectivity index (χ4v) is 2.53. The number of nitrogens with one attached hydrogen (secondary N) is 3. The minimum absolute atomic E-state index is 0. The van der Waals surface area contributed by atoms with E-state index in [-0.39, 0.29) is 24.9 Å². The van der Waals surface area contributed by atoms with Crippen molar-refractivity contribution in [2.24, 2.45) is 11.7 Å².